The number of hydrogen-bond donors (Lipinski definition) is 3. The van der Waals surface area contributed by atoms with E-state index in [4.69, 9.17) is 4.84 Å². The molecule has 6 atom stereocenters. The van der Waals surface area contributed by atoms with Crippen LogP contribution in [-0.2, 0) is 16.1 Å². The van der Waals surface area contributed by atoms with E-state index in [-0.39, 0.29) is 23.3 Å². The number of oxime groups is 1. The lowest BCUT2D eigenvalue weighted by Crippen LogP contribution is -2.53. The van der Waals surface area contributed by atoms with Gasteiger partial charge in [-0.3, -0.25) is 4.79 Å². The Kier molecular flexibility index (Phi) is 6.29. The average Bonchev–Trinajstić information content (AvgIpc) is 3.41. The predicted molar refractivity (Wildman–Crippen MR) is 151 cm³/mol. The molecule has 0 radical (unpaired) electrons. The molecule has 1 aromatic heterocycles. The van der Waals surface area contributed by atoms with E-state index in [1.807, 2.05) is 18.3 Å². The molecule has 0 bridgehead atoms. The lowest BCUT2D eigenvalue weighted by atomic mass is 9.47. The van der Waals surface area contributed by atoms with Crippen LogP contribution in [-0.4, -0.2) is 40.5 Å². The highest BCUT2D eigenvalue weighted by molar-refractivity contribution is 6.05. The largest absolute Gasteiger partial charge is 0.390 e. The number of fused-ring (bicyclic) bond motifs is 6. The number of carbonyl (C=O) groups is 1. The predicted octanol–water partition coefficient (Wildman–Crippen LogP) is 5.69. The summed E-state index contributed by atoms with van der Waals surface area (Å²) in [6, 6.07) is 8.19. The molecule has 0 saturated heterocycles. The molecule has 0 aliphatic heterocycles. The minimum absolute atomic E-state index is 0.0392. The summed E-state index contributed by atoms with van der Waals surface area (Å²) < 4.78 is 0. The number of para-hydroxylation sites is 1. The monoisotopic (exact) mass is 515 g/mol. The highest BCUT2D eigenvalue weighted by atomic mass is 16.6. The van der Waals surface area contributed by atoms with Crippen molar-refractivity contribution in [1.29, 1.82) is 0 Å². The number of hydrogen-bond acceptors (Lipinski definition) is 4. The summed E-state index contributed by atoms with van der Waals surface area (Å²) in [6.07, 6.45) is 15.9. The lowest BCUT2D eigenvalue weighted by molar-refractivity contribution is -0.125. The molecule has 1 amide bonds. The number of nitrogens with zero attached hydrogens (tertiary/aromatic N) is 1. The quantitative estimate of drug-likeness (QED) is 0.432. The highest BCUT2D eigenvalue weighted by Gasteiger charge is 2.61. The Hall–Kier alpha value is -2.86. The summed E-state index contributed by atoms with van der Waals surface area (Å²) >= 11 is 0. The molecule has 3 fully saturated rings. The van der Waals surface area contributed by atoms with E-state index in [0.29, 0.717) is 24.3 Å². The Balaban J connectivity index is 1.03. The molecule has 6 heteroatoms. The van der Waals surface area contributed by atoms with Crippen molar-refractivity contribution in [2.75, 3.05) is 13.2 Å². The van der Waals surface area contributed by atoms with Crippen LogP contribution in [0.4, 0.5) is 0 Å². The zero-order chi connectivity index (χ0) is 26.5. The fourth-order valence-corrected chi connectivity index (χ4v) is 8.40. The molecule has 4 aliphatic rings. The third-order valence-corrected chi connectivity index (χ3v) is 10.9. The van der Waals surface area contributed by atoms with E-state index in [1.54, 1.807) is 0 Å². The van der Waals surface area contributed by atoms with Gasteiger partial charge in [-0.05, 0) is 98.8 Å². The van der Waals surface area contributed by atoms with Gasteiger partial charge < -0.3 is 20.2 Å². The normalized spacial score (nSPS) is 36.9. The second kappa shape index (κ2) is 9.41. The second-order valence-electron chi connectivity index (χ2n) is 12.7. The van der Waals surface area contributed by atoms with Crippen molar-refractivity contribution in [3.63, 3.8) is 0 Å². The van der Waals surface area contributed by atoms with Gasteiger partial charge in [-0.15, -0.1) is 0 Å². The molecule has 1 aromatic carbocycles. The molecule has 0 spiro atoms. The van der Waals surface area contributed by atoms with Crippen LogP contribution >= 0.6 is 0 Å². The maximum absolute atomic E-state index is 12.3. The van der Waals surface area contributed by atoms with E-state index in [1.165, 1.54) is 22.9 Å². The van der Waals surface area contributed by atoms with Crippen LogP contribution in [0.2, 0.25) is 0 Å². The SMILES string of the molecule is C[C@]12C=C/C(=N\OCC(=O)NCCc3c[nH]c4ccccc34)C=C1CC[C@@H]1[C@@H]2CC[C@@]2(C)[C@H]1CC[C@]2(C)O. The van der Waals surface area contributed by atoms with E-state index in [9.17, 15) is 9.90 Å². The fourth-order valence-electron chi connectivity index (χ4n) is 8.40. The van der Waals surface area contributed by atoms with E-state index in [2.05, 4.69) is 66.6 Å². The van der Waals surface area contributed by atoms with Crippen molar-refractivity contribution in [2.24, 2.45) is 33.7 Å². The van der Waals surface area contributed by atoms with Crippen molar-refractivity contribution < 1.29 is 14.7 Å². The van der Waals surface area contributed by atoms with Gasteiger partial charge in [0.15, 0.2) is 6.61 Å². The molecule has 38 heavy (non-hydrogen) atoms. The summed E-state index contributed by atoms with van der Waals surface area (Å²) in [4.78, 5) is 21.0. The summed E-state index contributed by atoms with van der Waals surface area (Å²) in [5, 5.41) is 19.6. The number of nitrogens with one attached hydrogen (secondary N) is 2. The van der Waals surface area contributed by atoms with Crippen LogP contribution in [0, 0.1) is 28.6 Å². The number of carbonyl (C=O) groups excluding carboxylic acids is 1. The van der Waals surface area contributed by atoms with Crippen molar-refractivity contribution in [3.8, 4) is 0 Å². The van der Waals surface area contributed by atoms with E-state index < -0.39 is 5.60 Å². The van der Waals surface area contributed by atoms with Gasteiger partial charge in [0, 0.05) is 29.1 Å². The van der Waals surface area contributed by atoms with Gasteiger partial charge in [0.1, 0.15) is 5.71 Å². The van der Waals surface area contributed by atoms with E-state index >= 15 is 0 Å². The molecule has 2 aromatic rings. The number of amides is 1. The number of aromatic nitrogens is 1. The van der Waals surface area contributed by atoms with Crippen LogP contribution in [0.25, 0.3) is 10.9 Å². The average molecular weight is 516 g/mol. The van der Waals surface area contributed by atoms with Crippen LogP contribution in [0.1, 0.15) is 64.9 Å². The van der Waals surface area contributed by atoms with Crippen molar-refractivity contribution in [2.45, 2.75) is 71.3 Å². The molecule has 1 heterocycles. The molecule has 202 valence electrons. The highest BCUT2D eigenvalue weighted by Crippen LogP contribution is 2.66. The first kappa shape index (κ1) is 25.4. The molecule has 6 rings (SSSR count). The number of allylic oxidation sites excluding steroid dienone is 4. The zero-order valence-electron chi connectivity index (χ0n) is 22.9. The Morgan fingerprint density at radius 3 is 2.84 bits per heavy atom. The van der Waals surface area contributed by atoms with Gasteiger partial charge in [0.2, 0.25) is 0 Å². The molecule has 3 N–H and O–H groups in total. The first-order valence-electron chi connectivity index (χ1n) is 14.4. The van der Waals surface area contributed by atoms with Crippen LogP contribution in [0.5, 0.6) is 0 Å². The summed E-state index contributed by atoms with van der Waals surface area (Å²) in [5.74, 6) is 1.72. The Morgan fingerprint density at radius 2 is 1.97 bits per heavy atom. The van der Waals surface area contributed by atoms with Gasteiger partial charge in [-0.1, -0.05) is 48.9 Å². The molecule has 0 unspecified atom stereocenters. The van der Waals surface area contributed by atoms with E-state index in [0.717, 1.165) is 49.8 Å². The van der Waals surface area contributed by atoms with Crippen LogP contribution < -0.4 is 5.32 Å². The third-order valence-electron chi connectivity index (χ3n) is 10.9. The molecule has 6 nitrogen and oxygen atoms in total. The van der Waals surface area contributed by atoms with Gasteiger partial charge >= 0.3 is 0 Å². The Labute approximate surface area is 225 Å². The van der Waals surface area contributed by atoms with Crippen molar-refractivity contribution in [3.05, 3.63) is 59.8 Å². The molecular weight excluding hydrogens is 474 g/mol. The smallest absolute Gasteiger partial charge is 0.260 e. The standard InChI is InChI=1S/C32H41N3O3/c1-30-14-10-23(35-38-20-29(36)33-17-13-21-19-34-28-7-5-4-6-24(21)28)18-22(30)8-9-25-26(30)11-15-31(2)27(25)12-16-32(31,3)37/h4-7,10,14,18-19,25-27,34,37H,8-9,11-13,15-17,20H2,1-3H3,(H,33,36)/b35-23+/t25-,26+,27+,30+,31+,32+/m1/s1. The molecule has 3 saturated carbocycles. The Bertz CT molecular complexity index is 1320. The maximum Gasteiger partial charge on any atom is 0.260 e. The number of benzene rings is 1. The fraction of sp³-hybridized carbons (Fsp3) is 0.562. The van der Waals surface area contributed by atoms with Gasteiger partial charge in [-0.2, -0.15) is 0 Å². The second-order valence-corrected chi connectivity index (χ2v) is 12.7. The zero-order valence-corrected chi connectivity index (χ0v) is 22.9. The first-order valence-corrected chi connectivity index (χ1v) is 14.4. The third kappa shape index (κ3) is 4.12. The maximum atomic E-state index is 12.3. The number of aromatic amines is 1. The Morgan fingerprint density at radius 1 is 1.16 bits per heavy atom. The van der Waals surface area contributed by atoms with Gasteiger partial charge in [0.25, 0.3) is 5.91 Å². The molecule has 4 aliphatic carbocycles. The summed E-state index contributed by atoms with van der Waals surface area (Å²) in [5.41, 5.74) is 4.06. The van der Waals surface area contributed by atoms with Crippen LogP contribution in [0.15, 0.2) is 59.4 Å². The number of H-pyrrole nitrogens is 1. The van der Waals surface area contributed by atoms with Crippen molar-refractivity contribution in [1.82, 2.24) is 10.3 Å². The summed E-state index contributed by atoms with van der Waals surface area (Å²) in [7, 11) is 0. The minimum atomic E-state index is -0.540. The van der Waals surface area contributed by atoms with Crippen molar-refractivity contribution >= 4 is 22.5 Å². The molecular formula is C32H41N3O3. The summed E-state index contributed by atoms with van der Waals surface area (Å²) in [6.45, 7) is 7.26. The number of aliphatic hydroxyl groups is 1. The first-order chi connectivity index (χ1) is 18.2. The van der Waals surface area contributed by atoms with Gasteiger partial charge in [-0.25, -0.2) is 0 Å². The lowest BCUT2D eigenvalue weighted by Gasteiger charge is -2.58. The van der Waals surface area contributed by atoms with Crippen LogP contribution in [0.3, 0.4) is 0 Å². The number of rotatable bonds is 6. The minimum Gasteiger partial charge on any atom is -0.390 e. The topological polar surface area (TPSA) is 86.7 Å². The van der Waals surface area contributed by atoms with Gasteiger partial charge in [0.05, 0.1) is 5.60 Å².